The van der Waals surface area contributed by atoms with Crippen LogP contribution in [0.4, 0.5) is 0 Å². The monoisotopic (exact) mass is 291 g/mol. The third kappa shape index (κ3) is 4.45. The standard InChI is InChI=1S/C18H29NO2/c1-5-18(3,13-19-8-9-20-4)12-16-11-15-10-14(2)6-7-17(15)21-16/h6-7,10,16,19H,5,8-9,11-13H2,1-4H3. The van der Waals surface area contributed by atoms with Gasteiger partial charge in [0.2, 0.25) is 0 Å². The lowest BCUT2D eigenvalue weighted by Crippen LogP contribution is -2.36. The largest absolute Gasteiger partial charge is 0.490 e. The van der Waals surface area contributed by atoms with Crippen molar-refractivity contribution in [2.45, 2.75) is 46.1 Å². The second kappa shape index (κ2) is 7.28. The molecule has 1 aliphatic heterocycles. The number of benzene rings is 1. The predicted molar refractivity (Wildman–Crippen MR) is 87.1 cm³/mol. The molecule has 0 spiro atoms. The van der Waals surface area contributed by atoms with E-state index in [1.54, 1.807) is 7.11 Å². The maximum absolute atomic E-state index is 6.13. The summed E-state index contributed by atoms with van der Waals surface area (Å²) in [6.45, 7) is 9.46. The van der Waals surface area contributed by atoms with Gasteiger partial charge < -0.3 is 14.8 Å². The summed E-state index contributed by atoms with van der Waals surface area (Å²) in [6, 6.07) is 6.51. The number of methoxy groups -OCH3 is 1. The first kappa shape index (κ1) is 16.3. The van der Waals surface area contributed by atoms with Crippen LogP contribution in [0.1, 0.15) is 37.8 Å². The fourth-order valence-electron chi connectivity index (χ4n) is 3.02. The van der Waals surface area contributed by atoms with E-state index in [9.17, 15) is 0 Å². The molecule has 3 heteroatoms. The van der Waals surface area contributed by atoms with Crippen LogP contribution in [0.5, 0.6) is 5.75 Å². The fourth-order valence-corrected chi connectivity index (χ4v) is 3.02. The van der Waals surface area contributed by atoms with Gasteiger partial charge in [-0.25, -0.2) is 0 Å². The molecule has 3 nitrogen and oxygen atoms in total. The third-order valence-corrected chi connectivity index (χ3v) is 4.57. The Morgan fingerprint density at radius 1 is 1.43 bits per heavy atom. The van der Waals surface area contributed by atoms with Gasteiger partial charge in [-0.1, -0.05) is 31.5 Å². The van der Waals surface area contributed by atoms with Gasteiger partial charge in [-0.15, -0.1) is 0 Å². The highest BCUT2D eigenvalue weighted by Gasteiger charge is 2.31. The molecule has 118 valence electrons. The average Bonchev–Trinajstić information content (AvgIpc) is 2.84. The van der Waals surface area contributed by atoms with Crippen LogP contribution in [-0.4, -0.2) is 32.9 Å². The third-order valence-electron chi connectivity index (χ3n) is 4.57. The zero-order valence-electron chi connectivity index (χ0n) is 13.9. The van der Waals surface area contributed by atoms with Gasteiger partial charge in [-0.2, -0.15) is 0 Å². The normalized spacial score (nSPS) is 19.9. The van der Waals surface area contributed by atoms with E-state index in [1.807, 2.05) is 0 Å². The molecule has 0 saturated heterocycles. The summed E-state index contributed by atoms with van der Waals surface area (Å²) in [7, 11) is 1.74. The lowest BCUT2D eigenvalue weighted by atomic mass is 9.81. The highest BCUT2D eigenvalue weighted by atomic mass is 16.5. The number of rotatable bonds is 8. The van der Waals surface area contributed by atoms with Crippen molar-refractivity contribution in [3.8, 4) is 5.75 Å². The summed E-state index contributed by atoms with van der Waals surface area (Å²) in [5.41, 5.74) is 2.96. The molecule has 2 rings (SSSR count). The van der Waals surface area contributed by atoms with Crippen LogP contribution in [0.25, 0.3) is 0 Å². The van der Waals surface area contributed by atoms with Crippen LogP contribution >= 0.6 is 0 Å². The maximum Gasteiger partial charge on any atom is 0.123 e. The minimum Gasteiger partial charge on any atom is -0.490 e. The van der Waals surface area contributed by atoms with Crippen molar-refractivity contribution in [1.82, 2.24) is 5.32 Å². The van der Waals surface area contributed by atoms with Crippen molar-refractivity contribution in [2.24, 2.45) is 5.41 Å². The quantitative estimate of drug-likeness (QED) is 0.745. The van der Waals surface area contributed by atoms with E-state index in [4.69, 9.17) is 9.47 Å². The van der Waals surface area contributed by atoms with Crippen LogP contribution in [-0.2, 0) is 11.2 Å². The van der Waals surface area contributed by atoms with E-state index >= 15 is 0 Å². The second-order valence-electron chi connectivity index (χ2n) is 6.59. The summed E-state index contributed by atoms with van der Waals surface area (Å²) >= 11 is 0. The molecule has 0 bridgehead atoms. The van der Waals surface area contributed by atoms with Crippen LogP contribution in [0, 0.1) is 12.3 Å². The number of hydrogen-bond acceptors (Lipinski definition) is 3. The lowest BCUT2D eigenvalue weighted by molar-refractivity contribution is 0.135. The summed E-state index contributed by atoms with van der Waals surface area (Å²) < 4.78 is 11.2. The van der Waals surface area contributed by atoms with Gasteiger partial charge in [0, 0.05) is 26.6 Å². The molecule has 1 aliphatic rings. The topological polar surface area (TPSA) is 30.5 Å². The lowest BCUT2D eigenvalue weighted by Gasteiger charge is -2.31. The Kier molecular flexibility index (Phi) is 5.65. The molecule has 1 N–H and O–H groups in total. The number of aryl methyl sites for hydroxylation is 1. The first-order valence-electron chi connectivity index (χ1n) is 8.02. The van der Waals surface area contributed by atoms with Gasteiger partial charge >= 0.3 is 0 Å². The maximum atomic E-state index is 6.13. The molecular weight excluding hydrogens is 262 g/mol. The van der Waals surface area contributed by atoms with Crippen molar-refractivity contribution in [2.75, 3.05) is 26.8 Å². The zero-order valence-corrected chi connectivity index (χ0v) is 13.9. The van der Waals surface area contributed by atoms with Gasteiger partial charge in [0.1, 0.15) is 11.9 Å². The Bertz CT molecular complexity index is 461. The van der Waals surface area contributed by atoms with E-state index in [2.05, 4.69) is 44.3 Å². The molecule has 0 amide bonds. The van der Waals surface area contributed by atoms with E-state index in [0.717, 1.165) is 44.7 Å². The molecule has 2 atom stereocenters. The Morgan fingerprint density at radius 3 is 2.95 bits per heavy atom. The molecule has 0 fully saturated rings. The SMILES string of the molecule is CCC(C)(CNCCOC)CC1Cc2cc(C)ccc2O1. The summed E-state index contributed by atoms with van der Waals surface area (Å²) in [4.78, 5) is 0. The minimum absolute atomic E-state index is 0.273. The van der Waals surface area contributed by atoms with E-state index in [0.29, 0.717) is 6.10 Å². The minimum atomic E-state index is 0.273. The fraction of sp³-hybridized carbons (Fsp3) is 0.667. The molecule has 21 heavy (non-hydrogen) atoms. The molecule has 1 aromatic rings. The molecule has 1 heterocycles. The molecule has 0 aromatic heterocycles. The molecule has 2 unspecified atom stereocenters. The van der Waals surface area contributed by atoms with Crippen LogP contribution in [0.15, 0.2) is 18.2 Å². The van der Waals surface area contributed by atoms with E-state index in [1.165, 1.54) is 11.1 Å². The molecule has 1 aromatic carbocycles. The Labute approximate surface area is 129 Å². The smallest absolute Gasteiger partial charge is 0.123 e. The van der Waals surface area contributed by atoms with Crippen molar-refractivity contribution in [3.05, 3.63) is 29.3 Å². The summed E-state index contributed by atoms with van der Waals surface area (Å²) in [5.74, 6) is 1.08. The van der Waals surface area contributed by atoms with Crippen molar-refractivity contribution < 1.29 is 9.47 Å². The number of fused-ring (bicyclic) bond motifs is 1. The molecule has 0 saturated carbocycles. The Balaban J connectivity index is 1.88. The number of hydrogen-bond donors (Lipinski definition) is 1. The number of nitrogens with one attached hydrogen (secondary N) is 1. The average molecular weight is 291 g/mol. The zero-order chi connectivity index (χ0) is 15.3. The highest BCUT2D eigenvalue weighted by molar-refractivity contribution is 5.40. The van der Waals surface area contributed by atoms with Gasteiger partial charge in [0.05, 0.1) is 6.61 Å². The first-order valence-corrected chi connectivity index (χ1v) is 8.02. The Hall–Kier alpha value is -1.06. The van der Waals surface area contributed by atoms with Gasteiger partial charge in [0.15, 0.2) is 0 Å². The van der Waals surface area contributed by atoms with Gasteiger partial charge in [-0.05, 0) is 36.8 Å². The molecule has 0 radical (unpaired) electrons. The Morgan fingerprint density at radius 2 is 2.24 bits per heavy atom. The molecule has 0 aliphatic carbocycles. The predicted octanol–water partition coefficient (Wildman–Crippen LogP) is 3.34. The first-order chi connectivity index (χ1) is 10.1. The van der Waals surface area contributed by atoms with Gasteiger partial charge in [0.25, 0.3) is 0 Å². The highest BCUT2D eigenvalue weighted by Crippen LogP contribution is 2.36. The second-order valence-corrected chi connectivity index (χ2v) is 6.59. The number of ether oxygens (including phenoxy) is 2. The molecular formula is C18H29NO2. The van der Waals surface area contributed by atoms with Crippen molar-refractivity contribution in [3.63, 3.8) is 0 Å². The van der Waals surface area contributed by atoms with Gasteiger partial charge in [-0.3, -0.25) is 0 Å². The summed E-state index contributed by atoms with van der Waals surface area (Å²) in [5, 5.41) is 3.50. The summed E-state index contributed by atoms with van der Waals surface area (Å²) in [6.07, 6.45) is 3.61. The van der Waals surface area contributed by atoms with Crippen molar-refractivity contribution >= 4 is 0 Å². The van der Waals surface area contributed by atoms with Crippen LogP contribution < -0.4 is 10.1 Å². The van der Waals surface area contributed by atoms with E-state index < -0.39 is 0 Å². The van der Waals surface area contributed by atoms with Crippen LogP contribution in [0.2, 0.25) is 0 Å². The van der Waals surface area contributed by atoms with E-state index in [-0.39, 0.29) is 5.41 Å². The van der Waals surface area contributed by atoms with Crippen LogP contribution in [0.3, 0.4) is 0 Å². The van der Waals surface area contributed by atoms with Crippen molar-refractivity contribution in [1.29, 1.82) is 0 Å².